The van der Waals surface area contributed by atoms with Crippen molar-refractivity contribution in [2.24, 2.45) is 0 Å². The van der Waals surface area contributed by atoms with Crippen molar-refractivity contribution in [1.82, 2.24) is 14.9 Å². The number of hydrogen-bond donors (Lipinski definition) is 1. The minimum absolute atomic E-state index is 0.0664. The summed E-state index contributed by atoms with van der Waals surface area (Å²) in [6, 6.07) is 7.23. The second-order valence-electron chi connectivity index (χ2n) is 7.29. The van der Waals surface area contributed by atoms with Crippen LogP contribution in [0.2, 0.25) is 5.02 Å². The summed E-state index contributed by atoms with van der Waals surface area (Å²) in [6.45, 7) is 1.51. The van der Waals surface area contributed by atoms with Crippen molar-refractivity contribution in [3.63, 3.8) is 0 Å². The van der Waals surface area contributed by atoms with Crippen molar-refractivity contribution in [2.45, 2.75) is 38.3 Å². The molecule has 1 aliphatic carbocycles. The molecule has 7 heteroatoms. The number of nitrogens with zero attached hydrogens (tertiary/aromatic N) is 2. The molecule has 0 radical (unpaired) electrons. The van der Waals surface area contributed by atoms with Gasteiger partial charge in [-0.15, -0.1) is 0 Å². The number of para-hydroxylation sites is 1. The van der Waals surface area contributed by atoms with Gasteiger partial charge in [-0.2, -0.15) is 0 Å². The Morgan fingerprint density at radius 2 is 2.07 bits per heavy atom. The predicted molar refractivity (Wildman–Crippen MR) is 102 cm³/mol. The lowest BCUT2D eigenvalue weighted by molar-refractivity contribution is 0.238. The van der Waals surface area contributed by atoms with Crippen LogP contribution >= 0.6 is 11.6 Å². The molecule has 0 amide bonds. The van der Waals surface area contributed by atoms with Crippen LogP contribution in [0.25, 0.3) is 11.0 Å². The molecule has 27 heavy (non-hydrogen) atoms. The highest BCUT2D eigenvalue weighted by atomic mass is 35.5. The summed E-state index contributed by atoms with van der Waals surface area (Å²) in [6.07, 6.45) is 2.89. The van der Waals surface area contributed by atoms with E-state index < -0.39 is 5.63 Å². The second-order valence-corrected chi connectivity index (χ2v) is 7.67. The molecule has 2 aliphatic rings. The molecule has 138 valence electrons. The maximum atomic E-state index is 12.5. The lowest BCUT2D eigenvalue weighted by Gasteiger charge is -2.27. The molecule has 2 aromatic heterocycles. The van der Waals surface area contributed by atoms with Gasteiger partial charge in [-0.25, -0.2) is 9.78 Å². The Kier molecular flexibility index (Phi) is 3.91. The monoisotopic (exact) mass is 383 g/mol. The largest absolute Gasteiger partial charge is 0.422 e. The standard InChI is InChI=1S/C20H18ClN3O3/c21-17-12-3-1-2-4-16(12)27-20(26)14(17)10-24-8-7-15-13(9-24)19(25)23-18(22-15)11-5-6-11/h1-4,11H,5-10H2,(H,22,23,25). The number of halogens is 1. The first-order valence-electron chi connectivity index (χ1n) is 9.14. The third kappa shape index (κ3) is 2.99. The zero-order valence-electron chi connectivity index (χ0n) is 14.6. The van der Waals surface area contributed by atoms with E-state index in [0.29, 0.717) is 47.2 Å². The van der Waals surface area contributed by atoms with Crippen LogP contribution in [0.15, 0.2) is 38.3 Å². The SMILES string of the molecule is O=c1[nH]c(C2CC2)nc2c1CN(Cc1c(Cl)c3ccccc3oc1=O)CC2. The molecule has 0 saturated heterocycles. The van der Waals surface area contributed by atoms with E-state index in [1.54, 1.807) is 12.1 Å². The van der Waals surface area contributed by atoms with Gasteiger partial charge >= 0.3 is 5.63 Å². The van der Waals surface area contributed by atoms with Crippen LogP contribution in [0.1, 0.15) is 41.4 Å². The van der Waals surface area contributed by atoms with Crippen molar-refractivity contribution in [3.8, 4) is 0 Å². The Morgan fingerprint density at radius 1 is 1.26 bits per heavy atom. The van der Waals surface area contributed by atoms with E-state index in [1.807, 2.05) is 17.0 Å². The Morgan fingerprint density at radius 3 is 2.89 bits per heavy atom. The van der Waals surface area contributed by atoms with Gasteiger partial charge in [0, 0.05) is 37.4 Å². The van der Waals surface area contributed by atoms with Gasteiger partial charge in [0.15, 0.2) is 0 Å². The third-order valence-corrected chi connectivity index (χ3v) is 5.78. The van der Waals surface area contributed by atoms with Gasteiger partial charge in [-0.3, -0.25) is 9.69 Å². The summed E-state index contributed by atoms with van der Waals surface area (Å²) < 4.78 is 5.41. The lowest BCUT2D eigenvalue weighted by atomic mass is 10.1. The second kappa shape index (κ2) is 6.32. The smallest absolute Gasteiger partial charge is 0.342 e. The third-order valence-electron chi connectivity index (χ3n) is 5.35. The minimum Gasteiger partial charge on any atom is -0.422 e. The van der Waals surface area contributed by atoms with Crippen molar-refractivity contribution < 1.29 is 4.42 Å². The minimum atomic E-state index is -0.430. The Balaban J connectivity index is 1.46. The number of rotatable bonds is 3. The topological polar surface area (TPSA) is 79.2 Å². The molecule has 1 aliphatic heterocycles. The molecule has 1 aromatic carbocycles. The van der Waals surface area contributed by atoms with Crippen molar-refractivity contribution in [2.75, 3.05) is 6.54 Å². The van der Waals surface area contributed by atoms with Gasteiger partial charge < -0.3 is 9.40 Å². The summed E-state index contributed by atoms with van der Waals surface area (Å²) in [5, 5.41) is 1.14. The highest BCUT2D eigenvalue weighted by Gasteiger charge is 2.29. The lowest BCUT2D eigenvalue weighted by Crippen LogP contribution is -2.36. The van der Waals surface area contributed by atoms with Gasteiger partial charge in [-0.1, -0.05) is 23.7 Å². The maximum Gasteiger partial charge on any atom is 0.342 e. The molecule has 5 rings (SSSR count). The highest BCUT2D eigenvalue weighted by molar-refractivity contribution is 6.35. The summed E-state index contributed by atoms with van der Waals surface area (Å²) in [7, 11) is 0. The number of H-pyrrole nitrogens is 1. The van der Waals surface area contributed by atoms with Crippen molar-refractivity contribution >= 4 is 22.6 Å². The first-order valence-corrected chi connectivity index (χ1v) is 9.52. The van der Waals surface area contributed by atoms with E-state index in [0.717, 1.165) is 36.3 Å². The van der Waals surface area contributed by atoms with Crippen LogP contribution < -0.4 is 11.2 Å². The number of hydrogen-bond acceptors (Lipinski definition) is 5. The fourth-order valence-corrected chi connectivity index (χ4v) is 3.99. The molecule has 3 heterocycles. The van der Waals surface area contributed by atoms with Crippen LogP contribution in [-0.4, -0.2) is 21.4 Å². The average Bonchev–Trinajstić information content (AvgIpc) is 3.50. The van der Waals surface area contributed by atoms with Crippen LogP contribution in [0.3, 0.4) is 0 Å². The quantitative estimate of drug-likeness (QED) is 0.703. The van der Waals surface area contributed by atoms with E-state index in [1.165, 1.54) is 0 Å². The predicted octanol–water partition coefficient (Wildman–Crippen LogP) is 2.97. The summed E-state index contributed by atoms with van der Waals surface area (Å²) in [5.41, 5.74) is 1.98. The molecule has 0 unspecified atom stereocenters. The van der Waals surface area contributed by atoms with Crippen LogP contribution in [-0.2, 0) is 19.5 Å². The molecule has 1 N–H and O–H groups in total. The summed E-state index contributed by atoms with van der Waals surface area (Å²) in [4.78, 5) is 34.5. The van der Waals surface area contributed by atoms with Gasteiger partial charge in [0.1, 0.15) is 11.4 Å². The van der Waals surface area contributed by atoms with Gasteiger partial charge in [-0.05, 0) is 25.0 Å². The normalized spacial score (nSPS) is 17.2. The maximum absolute atomic E-state index is 12.5. The molecule has 3 aromatic rings. The Hall–Kier alpha value is -2.44. The van der Waals surface area contributed by atoms with Crippen molar-refractivity contribution in [1.29, 1.82) is 0 Å². The molecule has 1 fully saturated rings. The zero-order valence-corrected chi connectivity index (χ0v) is 15.4. The van der Waals surface area contributed by atoms with Gasteiger partial charge in [0.25, 0.3) is 5.56 Å². The average molecular weight is 384 g/mol. The number of benzene rings is 1. The van der Waals surface area contributed by atoms with Crippen LogP contribution in [0.4, 0.5) is 0 Å². The van der Waals surface area contributed by atoms with Crippen LogP contribution in [0.5, 0.6) is 0 Å². The Bertz CT molecular complexity index is 1160. The van der Waals surface area contributed by atoms with E-state index in [9.17, 15) is 9.59 Å². The van der Waals surface area contributed by atoms with E-state index >= 15 is 0 Å². The molecule has 6 nitrogen and oxygen atoms in total. The van der Waals surface area contributed by atoms with Crippen molar-refractivity contribution in [3.05, 3.63) is 72.7 Å². The summed E-state index contributed by atoms with van der Waals surface area (Å²) >= 11 is 6.49. The summed E-state index contributed by atoms with van der Waals surface area (Å²) in [5.74, 6) is 1.24. The van der Waals surface area contributed by atoms with E-state index in [2.05, 4.69) is 9.97 Å². The molecule has 1 saturated carbocycles. The molecule has 0 bridgehead atoms. The number of fused-ring (bicyclic) bond motifs is 2. The fraction of sp³-hybridized carbons (Fsp3) is 0.350. The van der Waals surface area contributed by atoms with Crippen LogP contribution in [0, 0.1) is 0 Å². The molecular weight excluding hydrogens is 366 g/mol. The Labute approximate surface area is 159 Å². The molecule has 0 atom stereocenters. The van der Waals surface area contributed by atoms with Gasteiger partial charge in [0.05, 0.1) is 21.8 Å². The first kappa shape index (κ1) is 16.7. The number of aromatic nitrogens is 2. The molecule has 0 spiro atoms. The zero-order chi connectivity index (χ0) is 18.5. The first-order chi connectivity index (χ1) is 13.1. The number of nitrogens with one attached hydrogen (secondary N) is 1. The van der Waals surface area contributed by atoms with Gasteiger partial charge in [0.2, 0.25) is 0 Å². The molecular formula is C20H18ClN3O3. The number of aromatic amines is 1. The highest BCUT2D eigenvalue weighted by Crippen LogP contribution is 2.38. The van der Waals surface area contributed by atoms with E-state index in [4.69, 9.17) is 16.0 Å². The van der Waals surface area contributed by atoms with E-state index in [-0.39, 0.29) is 5.56 Å². The fourth-order valence-electron chi connectivity index (χ4n) is 3.69.